The van der Waals surface area contributed by atoms with Gasteiger partial charge in [-0.25, -0.2) is 0 Å². The molecule has 1 saturated carbocycles. The first-order valence-electron chi connectivity index (χ1n) is 17.5. The van der Waals surface area contributed by atoms with Crippen LogP contribution in [-0.4, -0.2) is 107 Å². The number of rotatable bonds is 16. The van der Waals surface area contributed by atoms with Crippen molar-refractivity contribution in [3.05, 3.63) is 48.1 Å². The molecule has 0 aromatic carbocycles. The average molecular weight is 700 g/mol. The Morgan fingerprint density at radius 1 is 1.06 bits per heavy atom. The first-order valence-corrected chi connectivity index (χ1v) is 17.5. The number of hydrogen-bond donors (Lipinski definition) is 3. The molecule has 4 amide bonds. The second-order valence-corrected chi connectivity index (χ2v) is 14.4. The molecular formula is C37H53N3O10. The number of amides is 4. The van der Waals surface area contributed by atoms with Crippen molar-refractivity contribution in [2.45, 2.75) is 141 Å². The summed E-state index contributed by atoms with van der Waals surface area (Å²) >= 11 is 0. The fourth-order valence-electron chi connectivity index (χ4n) is 6.49. The monoisotopic (exact) mass is 699 g/mol. The number of nitrogens with one attached hydrogen (secondary N) is 2. The molecule has 0 aromatic heterocycles. The molecule has 1 aliphatic carbocycles. The number of aliphatic hydroxyl groups is 1. The van der Waals surface area contributed by atoms with Crippen LogP contribution in [0.4, 0.5) is 0 Å². The predicted octanol–water partition coefficient (Wildman–Crippen LogP) is 2.57. The number of aliphatic hydroxyl groups excluding tert-OH is 1. The van der Waals surface area contributed by atoms with Crippen molar-refractivity contribution < 1.29 is 48.0 Å². The van der Waals surface area contributed by atoms with E-state index in [1.807, 2.05) is 26.8 Å². The second kappa shape index (κ2) is 17.0. The van der Waals surface area contributed by atoms with Crippen molar-refractivity contribution in [3.63, 3.8) is 0 Å². The quantitative estimate of drug-likeness (QED) is 0.0715. The van der Waals surface area contributed by atoms with Gasteiger partial charge in [0.1, 0.15) is 23.9 Å². The summed E-state index contributed by atoms with van der Waals surface area (Å²) in [6, 6.07) is -0.483. The Hall–Kier alpha value is -3.65. The van der Waals surface area contributed by atoms with Crippen LogP contribution in [0.1, 0.15) is 80.6 Å². The van der Waals surface area contributed by atoms with E-state index < -0.39 is 36.0 Å². The third kappa shape index (κ3) is 10.9. The number of carbonyl (C=O) groups excluding carboxylic acids is 5. The number of esters is 1. The van der Waals surface area contributed by atoms with E-state index in [0.29, 0.717) is 25.9 Å². The summed E-state index contributed by atoms with van der Waals surface area (Å²) in [6.07, 6.45) is 10.8. The van der Waals surface area contributed by atoms with E-state index in [4.69, 9.17) is 18.9 Å². The molecule has 0 unspecified atom stereocenters. The van der Waals surface area contributed by atoms with Crippen LogP contribution in [0.2, 0.25) is 0 Å². The molecular weight excluding hydrogens is 646 g/mol. The summed E-state index contributed by atoms with van der Waals surface area (Å²) in [5, 5.41) is 17.0. The van der Waals surface area contributed by atoms with Gasteiger partial charge in [-0.3, -0.25) is 28.9 Å². The second-order valence-electron chi connectivity index (χ2n) is 14.4. The van der Waals surface area contributed by atoms with Crippen LogP contribution in [-0.2, 0) is 42.9 Å². The van der Waals surface area contributed by atoms with Crippen LogP contribution in [0.3, 0.4) is 0 Å². The van der Waals surface area contributed by atoms with E-state index in [9.17, 15) is 29.1 Å². The zero-order valence-electron chi connectivity index (χ0n) is 30.1. The van der Waals surface area contributed by atoms with Gasteiger partial charge < -0.3 is 34.7 Å². The Morgan fingerprint density at radius 3 is 2.34 bits per heavy atom. The van der Waals surface area contributed by atoms with Gasteiger partial charge in [0.25, 0.3) is 11.8 Å². The lowest BCUT2D eigenvalue weighted by atomic mass is 9.85. The summed E-state index contributed by atoms with van der Waals surface area (Å²) < 4.78 is 23.0. The molecule has 0 bridgehead atoms. The van der Waals surface area contributed by atoms with Crippen LogP contribution >= 0.6 is 0 Å². The lowest BCUT2D eigenvalue weighted by molar-refractivity contribution is -0.144. The van der Waals surface area contributed by atoms with E-state index in [2.05, 4.69) is 23.6 Å². The lowest BCUT2D eigenvalue weighted by Gasteiger charge is -2.40. The molecule has 13 nitrogen and oxygen atoms in total. The van der Waals surface area contributed by atoms with Crippen molar-refractivity contribution in [3.8, 4) is 0 Å². The van der Waals surface area contributed by atoms with Gasteiger partial charge in [-0.2, -0.15) is 0 Å². The molecule has 13 heteroatoms. The standard InChI is InChI=1S/C37H53N3O10/c1-21(8-11-30-22(2)16-29(25(5)50-30)39-32(42)13-10-23(3)48-26(6)41)9-12-31(36(46)37(7)20-47-37)49-24(4)17-33(43)38-27-18-28(19-27)40-34(44)14-15-35(40)45/h8-10,12-15,22-25,27-31,36,46H,11,16-20H2,1-7H3,(H,38,43)(H,39,42)/b12-9+,13-10-,21-8+/t22-,23-,24-,25+,27-,28-,29+,30-,31+,36+,37+/m0/s1. The highest BCUT2D eigenvalue weighted by Crippen LogP contribution is 2.34. The Morgan fingerprint density at radius 2 is 1.72 bits per heavy atom. The van der Waals surface area contributed by atoms with Gasteiger partial charge in [0.2, 0.25) is 11.8 Å². The van der Waals surface area contributed by atoms with Crippen molar-refractivity contribution in [1.29, 1.82) is 0 Å². The molecule has 276 valence electrons. The molecule has 9 atom stereocenters. The maximum absolute atomic E-state index is 12.8. The lowest BCUT2D eigenvalue weighted by Crippen LogP contribution is -2.55. The van der Waals surface area contributed by atoms with Crippen molar-refractivity contribution >= 4 is 29.6 Å². The Bertz CT molecular complexity index is 1380. The summed E-state index contributed by atoms with van der Waals surface area (Å²) in [5.74, 6) is -1.33. The minimum Gasteiger partial charge on any atom is -0.459 e. The fourth-order valence-corrected chi connectivity index (χ4v) is 6.49. The van der Waals surface area contributed by atoms with E-state index in [1.54, 1.807) is 19.9 Å². The van der Waals surface area contributed by atoms with Gasteiger partial charge in [-0.15, -0.1) is 0 Å². The highest BCUT2D eigenvalue weighted by Gasteiger charge is 2.50. The molecule has 50 heavy (non-hydrogen) atoms. The van der Waals surface area contributed by atoms with Crippen LogP contribution in [0.5, 0.6) is 0 Å². The van der Waals surface area contributed by atoms with Gasteiger partial charge in [-0.1, -0.05) is 30.7 Å². The molecule has 0 spiro atoms. The number of hydrogen-bond acceptors (Lipinski definition) is 10. The first-order chi connectivity index (χ1) is 23.5. The Balaban J connectivity index is 1.24. The molecule has 2 saturated heterocycles. The third-order valence-corrected chi connectivity index (χ3v) is 9.72. The molecule has 0 radical (unpaired) electrons. The van der Waals surface area contributed by atoms with Crippen LogP contribution in [0.25, 0.3) is 0 Å². The number of carbonyl (C=O) groups is 5. The highest BCUT2D eigenvalue weighted by atomic mass is 16.6. The Kier molecular flexibility index (Phi) is 13.3. The summed E-state index contributed by atoms with van der Waals surface area (Å²) in [4.78, 5) is 61.3. The normalized spacial score (nSPS) is 32.1. The van der Waals surface area contributed by atoms with E-state index in [0.717, 1.165) is 12.0 Å². The van der Waals surface area contributed by atoms with Gasteiger partial charge in [0.15, 0.2) is 0 Å². The summed E-state index contributed by atoms with van der Waals surface area (Å²) in [5.41, 5.74) is 0.229. The first kappa shape index (κ1) is 39.1. The smallest absolute Gasteiger partial charge is 0.303 e. The number of imide groups is 1. The van der Waals surface area contributed by atoms with E-state index >= 15 is 0 Å². The number of ether oxygens (including phenoxy) is 4. The Labute approximate surface area is 294 Å². The zero-order chi connectivity index (χ0) is 36.7. The van der Waals surface area contributed by atoms with Crippen molar-refractivity contribution in [2.24, 2.45) is 5.92 Å². The van der Waals surface area contributed by atoms with Crippen LogP contribution < -0.4 is 10.6 Å². The summed E-state index contributed by atoms with van der Waals surface area (Å²) in [6.45, 7) is 13.0. The minimum absolute atomic E-state index is 0.0464. The third-order valence-electron chi connectivity index (χ3n) is 9.72. The maximum Gasteiger partial charge on any atom is 0.303 e. The van der Waals surface area contributed by atoms with Gasteiger partial charge in [0.05, 0.1) is 37.4 Å². The topological polar surface area (TPSA) is 173 Å². The SMILES string of the molecule is CC(=O)O[C@@H](C)/C=C\C(=O)N[C@@H]1C[C@H](C)[C@H](C/C=C(C)/C=C/[C@@H](O[C@@H](C)CC(=O)N[C@H]2C[C@H](N3C(=O)C=CC3=O)C2)[C@@H](O)[C@@]2(C)CO2)O[C@@H]1C. The van der Waals surface area contributed by atoms with E-state index in [1.165, 1.54) is 36.1 Å². The average Bonchev–Trinajstić information content (AvgIpc) is 3.69. The maximum atomic E-state index is 12.8. The predicted molar refractivity (Wildman–Crippen MR) is 183 cm³/mol. The van der Waals surface area contributed by atoms with Crippen LogP contribution in [0.15, 0.2) is 48.1 Å². The number of allylic oxidation sites excluding steroid dienone is 2. The number of epoxide rings is 1. The zero-order valence-corrected chi connectivity index (χ0v) is 30.1. The van der Waals surface area contributed by atoms with Crippen molar-refractivity contribution in [1.82, 2.24) is 15.5 Å². The van der Waals surface area contributed by atoms with Gasteiger partial charge in [-0.05, 0) is 72.3 Å². The van der Waals surface area contributed by atoms with Gasteiger partial charge >= 0.3 is 5.97 Å². The largest absolute Gasteiger partial charge is 0.459 e. The van der Waals surface area contributed by atoms with Crippen molar-refractivity contribution in [2.75, 3.05) is 6.61 Å². The summed E-state index contributed by atoms with van der Waals surface area (Å²) in [7, 11) is 0. The van der Waals surface area contributed by atoms with E-state index in [-0.39, 0.29) is 66.3 Å². The minimum atomic E-state index is -0.942. The fraction of sp³-hybridized carbons (Fsp3) is 0.649. The van der Waals surface area contributed by atoms with Gasteiger partial charge in [0, 0.05) is 37.2 Å². The molecule has 0 aromatic rings. The molecule has 4 aliphatic rings. The molecule has 3 N–H and O–H groups in total. The highest BCUT2D eigenvalue weighted by molar-refractivity contribution is 6.13. The molecule has 3 fully saturated rings. The van der Waals surface area contributed by atoms with Crippen LogP contribution in [0, 0.1) is 5.92 Å². The molecule has 3 heterocycles. The molecule has 3 aliphatic heterocycles. The molecule has 4 rings (SSSR count). The number of nitrogens with zero attached hydrogens (tertiary/aromatic N) is 1.